The Morgan fingerprint density at radius 2 is 2.06 bits per heavy atom. The molecule has 0 bridgehead atoms. The topological polar surface area (TPSA) is 44.1 Å². The van der Waals surface area contributed by atoms with Crippen molar-refractivity contribution in [1.29, 1.82) is 5.26 Å². The van der Waals surface area contributed by atoms with Crippen LogP contribution in [0.3, 0.4) is 0 Å². The lowest BCUT2D eigenvalue weighted by Gasteiger charge is -2.34. The van der Waals surface area contributed by atoms with Crippen LogP contribution in [0.2, 0.25) is 0 Å². The molecule has 1 aromatic rings. The predicted octanol–water partition coefficient (Wildman–Crippen LogP) is 3.13. The number of carbonyl (C=O) groups is 1. The molecule has 1 fully saturated rings. The maximum absolute atomic E-state index is 12.3. The number of amides is 1. The van der Waals surface area contributed by atoms with Gasteiger partial charge in [-0.1, -0.05) is 0 Å². The number of likely N-dealkylation sites (tertiary alicyclic amines) is 1. The molecule has 2 rings (SSSR count). The Bertz CT molecular complexity index is 485. The molecule has 0 N–H and O–H groups in total. The zero-order valence-electron chi connectivity index (χ0n) is 11.1. The molecule has 4 heteroatoms. The highest BCUT2D eigenvalue weighted by Gasteiger charge is 2.32. The number of aryl methyl sites for hydroxylation is 2. The Labute approximate surface area is 112 Å². The van der Waals surface area contributed by atoms with Gasteiger partial charge in [-0.2, -0.15) is 5.26 Å². The SMILES string of the molecule is Cc1cc(C(=O)N2CCC(C)(C#N)CC2)sc1C. The molecule has 1 amide bonds. The molecule has 0 spiro atoms. The molecule has 1 saturated heterocycles. The second-order valence-corrected chi connectivity index (χ2v) is 6.57. The van der Waals surface area contributed by atoms with Crippen LogP contribution in [0.1, 0.15) is 39.9 Å². The van der Waals surface area contributed by atoms with Crippen molar-refractivity contribution < 1.29 is 4.79 Å². The van der Waals surface area contributed by atoms with E-state index in [1.165, 1.54) is 10.4 Å². The van der Waals surface area contributed by atoms with Gasteiger partial charge in [-0.05, 0) is 45.2 Å². The minimum atomic E-state index is -0.252. The highest BCUT2D eigenvalue weighted by molar-refractivity contribution is 7.14. The number of rotatable bonds is 1. The number of hydrogen-bond donors (Lipinski definition) is 0. The minimum absolute atomic E-state index is 0.121. The number of piperidine rings is 1. The fourth-order valence-electron chi connectivity index (χ4n) is 2.15. The van der Waals surface area contributed by atoms with E-state index in [0.717, 1.165) is 17.7 Å². The summed E-state index contributed by atoms with van der Waals surface area (Å²) in [6, 6.07) is 4.33. The minimum Gasteiger partial charge on any atom is -0.338 e. The second-order valence-electron chi connectivity index (χ2n) is 5.31. The van der Waals surface area contributed by atoms with E-state index in [0.29, 0.717) is 13.1 Å². The third-order valence-corrected chi connectivity index (χ3v) is 4.94. The lowest BCUT2D eigenvalue weighted by atomic mass is 9.82. The van der Waals surface area contributed by atoms with Gasteiger partial charge in [0.15, 0.2) is 0 Å². The van der Waals surface area contributed by atoms with E-state index in [9.17, 15) is 4.79 Å². The van der Waals surface area contributed by atoms with Crippen molar-refractivity contribution in [1.82, 2.24) is 4.90 Å². The molecule has 18 heavy (non-hydrogen) atoms. The van der Waals surface area contributed by atoms with Gasteiger partial charge in [0.25, 0.3) is 5.91 Å². The fourth-order valence-corrected chi connectivity index (χ4v) is 3.15. The standard InChI is InChI=1S/C14H18N2OS/c1-10-8-12(18-11(10)2)13(17)16-6-4-14(3,9-15)5-7-16/h8H,4-7H2,1-3H3. The highest BCUT2D eigenvalue weighted by atomic mass is 32.1. The van der Waals surface area contributed by atoms with Crippen LogP contribution in [0.5, 0.6) is 0 Å². The molecule has 0 aromatic carbocycles. The van der Waals surface area contributed by atoms with Crippen LogP contribution in [0.4, 0.5) is 0 Å². The second kappa shape index (κ2) is 4.74. The van der Waals surface area contributed by atoms with Crippen molar-refractivity contribution in [3.05, 3.63) is 21.4 Å². The summed E-state index contributed by atoms with van der Waals surface area (Å²) in [5.41, 5.74) is 0.931. The van der Waals surface area contributed by atoms with Gasteiger partial charge >= 0.3 is 0 Å². The van der Waals surface area contributed by atoms with Crippen LogP contribution >= 0.6 is 11.3 Å². The normalized spacial score (nSPS) is 18.4. The van der Waals surface area contributed by atoms with Gasteiger partial charge in [0.05, 0.1) is 16.4 Å². The van der Waals surface area contributed by atoms with E-state index < -0.39 is 0 Å². The van der Waals surface area contributed by atoms with Crippen molar-refractivity contribution in [2.24, 2.45) is 5.41 Å². The van der Waals surface area contributed by atoms with Crippen LogP contribution in [0.15, 0.2) is 6.07 Å². The van der Waals surface area contributed by atoms with Crippen LogP contribution in [0, 0.1) is 30.6 Å². The lowest BCUT2D eigenvalue weighted by Crippen LogP contribution is -2.41. The van der Waals surface area contributed by atoms with E-state index in [4.69, 9.17) is 5.26 Å². The maximum Gasteiger partial charge on any atom is 0.263 e. The van der Waals surface area contributed by atoms with Gasteiger partial charge in [0.1, 0.15) is 0 Å². The Morgan fingerprint density at radius 1 is 1.44 bits per heavy atom. The summed E-state index contributed by atoms with van der Waals surface area (Å²) in [5, 5.41) is 9.08. The van der Waals surface area contributed by atoms with Crippen LogP contribution in [-0.2, 0) is 0 Å². The summed E-state index contributed by atoms with van der Waals surface area (Å²) in [7, 11) is 0. The Hall–Kier alpha value is -1.34. The molecule has 96 valence electrons. The van der Waals surface area contributed by atoms with Crippen molar-refractivity contribution >= 4 is 17.2 Å². The van der Waals surface area contributed by atoms with Crippen molar-refractivity contribution in [3.63, 3.8) is 0 Å². The molecule has 0 atom stereocenters. The smallest absolute Gasteiger partial charge is 0.263 e. The molecule has 1 aliphatic rings. The Balaban J connectivity index is 2.06. The third-order valence-electron chi connectivity index (χ3n) is 3.80. The monoisotopic (exact) mass is 262 g/mol. The van der Waals surface area contributed by atoms with Gasteiger partial charge in [-0.15, -0.1) is 11.3 Å². The van der Waals surface area contributed by atoms with Gasteiger partial charge in [-0.3, -0.25) is 4.79 Å². The summed E-state index contributed by atoms with van der Waals surface area (Å²) < 4.78 is 0. The average Bonchev–Trinajstić information content (AvgIpc) is 2.70. The fraction of sp³-hybridized carbons (Fsp3) is 0.571. The number of hydrogen-bond acceptors (Lipinski definition) is 3. The van der Waals surface area contributed by atoms with Crippen LogP contribution in [-0.4, -0.2) is 23.9 Å². The third kappa shape index (κ3) is 2.41. The summed E-state index contributed by atoms with van der Waals surface area (Å²) in [6.07, 6.45) is 1.55. The maximum atomic E-state index is 12.3. The summed E-state index contributed by atoms with van der Waals surface area (Å²) in [5.74, 6) is 0.121. The van der Waals surface area contributed by atoms with Gasteiger partial charge in [0.2, 0.25) is 0 Å². The lowest BCUT2D eigenvalue weighted by molar-refractivity contribution is 0.0666. The van der Waals surface area contributed by atoms with Crippen molar-refractivity contribution in [2.45, 2.75) is 33.6 Å². The van der Waals surface area contributed by atoms with Crippen LogP contribution < -0.4 is 0 Å². The van der Waals surface area contributed by atoms with E-state index >= 15 is 0 Å². The van der Waals surface area contributed by atoms with Crippen LogP contribution in [0.25, 0.3) is 0 Å². The van der Waals surface area contributed by atoms with Gasteiger partial charge in [-0.25, -0.2) is 0 Å². The summed E-state index contributed by atoms with van der Waals surface area (Å²) >= 11 is 1.57. The Morgan fingerprint density at radius 3 is 2.50 bits per heavy atom. The van der Waals surface area contributed by atoms with Gasteiger partial charge < -0.3 is 4.90 Å². The first kappa shape index (κ1) is 13.1. The molecule has 0 aliphatic carbocycles. The zero-order chi connectivity index (χ0) is 13.3. The van der Waals surface area contributed by atoms with Gasteiger partial charge in [0, 0.05) is 18.0 Å². The largest absolute Gasteiger partial charge is 0.338 e. The molecule has 0 saturated carbocycles. The first-order valence-corrected chi connectivity index (χ1v) is 7.04. The first-order valence-electron chi connectivity index (χ1n) is 6.23. The van der Waals surface area contributed by atoms with Crippen molar-refractivity contribution in [2.75, 3.05) is 13.1 Å². The quantitative estimate of drug-likeness (QED) is 0.780. The highest BCUT2D eigenvalue weighted by Crippen LogP contribution is 2.31. The molecule has 1 aliphatic heterocycles. The van der Waals surface area contributed by atoms with E-state index in [1.807, 2.05) is 31.7 Å². The Kier molecular flexibility index (Phi) is 3.45. The summed E-state index contributed by atoms with van der Waals surface area (Å²) in [6.45, 7) is 7.44. The molecular weight excluding hydrogens is 244 g/mol. The molecule has 2 heterocycles. The zero-order valence-corrected chi connectivity index (χ0v) is 11.9. The van der Waals surface area contributed by atoms with E-state index in [2.05, 4.69) is 6.07 Å². The number of thiophene rings is 1. The summed E-state index contributed by atoms with van der Waals surface area (Å²) in [4.78, 5) is 16.2. The predicted molar refractivity (Wildman–Crippen MR) is 72.7 cm³/mol. The van der Waals surface area contributed by atoms with E-state index in [1.54, 1.807) is 11.3 Å². The first-order chi connectivity index (χ1) is 8.45. The number of nitrogens with zero attached hydrogens (tertiary/aromatic N) is 2. The molecule has 0 radical (unpaired) electrons. The van der Waals surface area contributed by atoms with E-state index in [-0.39, 0.29) is 11.3 Å². The van der Waals surface area contributed by atoms with Crippen molar-refractivity contribution in [3.8, 4) is 6.07 Å². The molecule has 0 unspecified atom stereocenters. The number of carbonyl (C=O) groups excluding carboxylic acids is 1. The number of nitriles is 1. The molecule has 1 aromatic heterocycles. The molecular formula is C14H18N2OS. The molecule has 3 nitrogen and oxygen atoms in total. The average molecular weight is 262 g/mol.